The largest absolute Gasteiger partial charge is 0.352 e. The van der Waals surface area contributed by atoms with Crippen molar-refractivity contribution in [1.29, 1.82) is 0 Å². The maximum absolute atomic E-state index is 12.3. The van der Waals surface area contributed by atoms with Gasteiger partial charge in [-0.2, -0.15) is 0 Å². The Hall–Kier alpha value is -3.40. The van der Waals surface area contributed by atoms with Crippen molar-refractivity contribution in [2.45, 2.75) is 32.4 Å². The fourth-order valence-corrected chi connectivity index (χ4v) is 3.55. The second-order valence-electron chi connectivity index (χ2n) is 7.47. The summed E-state index contributed by atoms with van der Waals surface area (Å²) in [5.74, 6) is 0.291. The molecule has 0 aliphatic heterocycles. The minimum Gasteiger partial charge on any atom is -0.352 e. The van der Waals surface area contributed by atoms with Gasteiger partial charge < -0.3 is 9.88 Å². The van der Waals surface area contributed by atoms with Crippen LogP contribution in [0.15, 0.2) is 85.2 Å². The van der Waals surface area contributed by atoms with Crippen molar-refractivity contribution in [2.24, 2.45) is 0 Å². The number of amides is 1. The first-order chi connectivity index (χ1) is 14.2. The van der Waals surface area contributed by atoms with Gasteiger partial charge in [0.05, 0.1) is 17.4 Å². The summed E-state index contributed by atoms with van der Waals surface area (Å²) in [5.41, 5.74) is 5.65. The van der Waals surface area contributed by atoms with E-state index < -0.39 is 0 Å². The van der Waals surface area contributed by atoms with Crippen molar-refractivity contribution in [3.63, 3.8) is 0 Å². The van der Waals surface area contributed by atoms with Crippen LogP contribution in [-0.4, -0.2) is 15.5 Å². The summed E-state index contributed by atoms with van der Waals surface area (Å²) in [7, 11) is 0. The van der Waals surface area contributed by atoms with Crippen LogP contribution in [-0.2, 0) is 17.9 Å². The van der Waals surface area contributed by atoms with Crippen LogP contribution < -0.4 is 5.32 Å². The Labute approximate surface area is 171 Å². The Morgan fingerprint density at radius 1 is 0.931 bits per heavy atom. The molecule has 0 radical (unpaired) electrons. The SMILES string of the molecule is C[C@H](CC(=O)NCc1ccc(Cn2cnc3ccccc32)cc1)c1ccccc1. The molecule has 1 heterocycles. The lowest BCUT2D eigenvalue weighted by Gasteiger charge is -2.12. The number of aromatic nitrogens is 2. The predicted octanol–water partition coefficient (Wildman–Crippen LogP) is 4.89. The summed E-state index contributed by atoms with van der Waals surface area (Å²) in [5, 5.41) is 3.03. The molecule has 4 rings (SSSR count). The Balaban J connectivity index is 1.31. The first-order valence-electron chi connectivity index (χ1n) is 9.98. The van der Waals surface area contributed by atoms with Gasteiger partial charge in [-0.15, -0.1) is 0 Å². The van der Waals surface area contributed by atoms with Crippen molar-refractivity contribution in [3.05, 3.63) is 102 Å². The highest BCUT2D eigenvalue weighted by Crippen LogP contribution is 2.18. The van der Waals surface area contributed by atoms with Crippen LogP contribution in [0.1, 0.15) is 36.0 Å². The molecule has 4 heteroatoms. The van der Waals surface area contributed by atoms with E-state index in [4.69, 9.17) is 0 Å². The van der Waals surface area contributed by atoms with Crippen molar-refractivity contribution in [3.8, 4) is 0 Å². The second-order valence-corrected chi connectivity index (χ2v) is 7.47. The topological polar surface area (TPSA) is 46.9 Å². The number of rotatable bonds is 7. The molecule has 4 nitrogen and oxygen atoms in total. The first-order valence-corrected chi connectivity index (χ1v) is 9.98. The number of benzene rings is 3. The molecule has 0 bridgehead atoms. The number of imidazole rings is 1. The number of hydrogen-bond acceptors (Lipinski definition) is 2. The van der Waals surface area contributed by atoms with Gasteiger partial charge in [-0.25, -0.2) is 4.98 Å². The van der Waals surface area contributed by atoms with E-state index in [1.165, 1.54) is 11.1 Å². The molecule has 146 valence electrons. The summed E-state index contributed by atoms with van der Waals surface area (Å²) in [6, 6.07) is 26.7. The lowest BCUT2D eigenvalue weighted by Crippen LogP contribution is -2.24. The van der Waals surface area contributed by atoms with E-state index in [0.717, 1.165) is 23.1 Å². The average Bonchev–Trinajstić information content (AvgIpc) is 3.17. The summed E-state index contributed by atoms with van der Waals surface area (Å²) in [6.45, 7) is 3.42. The van der Waals surface area contributed by atoms with Crippen molar-refractivity contribution >= 4 is 16.9 Å². The maximum atomic E-state index is 12.3. The van der Waals surface area contributed by atoms with E-state index in [0.29, 0.717) is 13.0 Å². The Morgan fingerprint density at radius 2 is 1.62 bits per heavy atom. The van der Waals surface area contributed by atoms with Crippen LogP contribution in [0.2, 0.25) is 0 Å². The van der Waals surface area contributed by atoms with Gasteiger partial charge >= 0.3 is 0 Å². The zero-order chi connectivity index (χ0) is 20.1. The molecule has 0 spiro atoms. The minimum absolute atomic E-state index is 0.0790. The molecule has 0 unspecified atom stereocenters. The minimum atomic E-state index is 0.0790. The molecule has 1 N–H and O–H groups in total. The van der Waals surface area contributed by atoms with E-state index in [9.17, 15) is 4.79 Å². The Kier molecular flexibility index (Phi) is 5.71. The zero-order valence-electron chi connectivity index (χ0n) is 16.6. The Morgan fingerprint density at radius 3 is 2.41 bits per heavy atom. The van der Waals surface area contributed by atoms with E-state index in [1.807, 2.05) is 42.7 Å². The second kappa shape index (κ2) is 8.74. The van der Waals surface area contributed by atoms with E-state index >= 15 is 0 Å². The molecule has 1 aromatic heterocycles. The van der Waals surface area contributed by atoms with Crippen LogP contribution in [0.4, 0.5) is 0 Å². The molecule has 1 amide bonds. The monoisotopic (exact) mass is 383 g/mol. The van der Waals surface area contributed by atoms with Crippen molar-refractivity contribution in [2.75, 3.05) is 0 Å². The van der Waals surface area contributed by atoms with Gasteiger partial charge in [0.2, 0.25) is 5.91 Å². The number of nitrogens with zero attached hydrogens (tertiary/aromatic N) is 2. The Bertz CT molecular complexity index is 1080. The molecule has 29 heavy (non-hydrogen) atoms. The molecular weight excluding hydrogens is 358 g/mol. The van der Waals surface area contributed by atoms with E-state index in [1.54, 1.807) is 0 Å². The van der Waals surface area contributed by atoms with Crippen LogP contribution >= 0.6 is 0 Å². The quantitative estimate of drug-likeness (QED) is 0.494. The van der Waals surface area contributed by atoms with Gasteiger partial charge in [0, 0.05) is 19.5 Å². The number of nitrogens with one attached hydrogen (secondary N) is 1. The number of carbonyl (C=O) groups excluding carboxylic acids is 1. The van der Waals surface area contributed by atoms with Crippen LogP contribution in [0.3, 0.4) is 0 Å². The normalized spacial score (nSPS) is 12.0. The summed E-state index contributed by atoms with van der Waals surface area (Å²) in [6.07, 6.45) is 2.38. The lowest BCUT2D eigenvalue weighted by atomic mass is 9.97. The molecule has 3 aromatic carbocycles. The van der Waals surface area contributed by atoms with Gasteiger partial charge in [-0.05, 0) is 34.7 Å². The number of para-hydroxylation sites is 2. The molecule has 0 saturated heterocycles. The molecule has 1 atom stereocenters. The first kappa shape index (κ1) is 18.9. The molecule has 0 aliphatic rings. The highest BCUT2D eigenvalue weighted by atomic mass is 16.1. The standard InChI is InChI=1S/C25H25N3O/c1-19(22-7-3-2-4-8-22)15-25(29)26-16-20-11-13-21(14-12-20)17-28-18-27-23-9-5-6-10-24(23)28/h2-14,18-19H,15-17H2,1H3,(H,26,29)/t19-/m1/s1. The van der Waals surface area contributed by atoms with E-state index in [2.05, 4.69) is 64.3 Å². The third-order valence-corrected chi connectivity index (χ3v) is 5.25. The number of carbonyl (C=O) groups is 1. The number of hydrogen-bond donors (Lipinski definition) is 1. The van der Waals surface area contributed by atoms with Gasteiger partial charge in [0.15, 0.2) is 0 Å². The molecule has 0 saturated carbocycles. The smallest absolute Gasteiger partial charge is 0.220 e. The van der Waals surface area contributed by atoms with Crippen LogP contribution in [0.25, 0.3) is 11.0 Å². The van der Waals surface area contributed by atoms with Gasteiger partial charge in [-0.1, -0.05) is 73.7 Å². The zero-order valence-corrected chi connectivity index (χ0v) is 16.6. The maximum Gasteiger partial charge on any atom is 0.220 e. The highest BCUT2D eigenvalue weighted by Gasteiger charge is 2.10. The highest BCUT2D eigenvalue weighted by molar-refractivity contribution is 5.77. The number of fused-ring (bicyclic) bond motifs is 1. The fourth-order valence-electron chi connectivity index (χ4n) is 3.55. The third kappa shape index (κ3) is 4.72. The predicted molar refractivity (Wildman–Crippen MR) is 117 cm³/mol. The molecular formula is C25H25N3O. The van der Waals surface area contributed by atoms with Gasteiger partial charge in [-0.3, -0.25) is 4.79 Å². The van der Waals surface area contributed by atoms with Crippen molar-refractivity contribution < 1.29 is 4.79 Å². The van der Waals surface area contributed by atoms with E-state index in [-0.39, 0.29) is 11.8 Å². The molecule has 4 aromatic rings. The van der Waals surface area contributed by atoms with Crippen LogP contribution in [0, 0.1) is 0 Å². The third-order valence-electron chi connectivity index (χ3n) is 5.25. The van der Waals surface area contributed by atoms with Crippen molar-refractivity contribution in [1.82, 2.24) is 14.9 Å². The molecule has 0 fully saturated rings. The summed E-state index contributed by atoms with van der Waals surface area (Å²) in [4.78, 5) is 16.7. The van der Waals surface area contributed by atoms with Crippen LogP contribution in [0.5, 0.6) is 0 Å². The van der Waals surface area contributed by atoms with Gasteiger partial charge in [0.1, 0.15) is 0 Å². The summed E-state index contributed by atoms with van der Waals surface area (Å²) >= 11 is 0. The van der Waals surface area contributed by atoms with Gasteiger partial charge in [0.25, 0.3) is 0 Å². The summed E-state index contributed by atoms with van der Waals surface area (Å²) < 4.78 is 2.15. The lowest BCUT2D eigenvalue weighted by molar-refractivity contribution is -0.121. The average molecular weight is 383 g/mol. The fraction of sp³-hybridized carbons (Fsp3) is 0.200. The molecule has 0 aliphatic carbocycles.